The largest absolute Gasteiger partial charge is 0.356 e. The Morgan fingerprint density at radius 1 is 0.815 bits per heavy atom. The Labute approximate surface area is 161 Å². The Morgan fingerprint density at radius 2 is 1.48 bits per heavy atom. The first-order valence-corrected chi connectivity index (χ1v) is 9.78. The average molecular weight is 358 g/mol. The minimum atomic E-state index is 0.851. The summed E-state index contributed by atoms with van der Waals surface area (Å²) in [5.41, 5.74) is 2.65. The van der Waals surface area contributed by atoms with E-state index in [1.807, 2.05) is 0 Å². The van der Waals surface area contributed by atoms with E-state index in [9.17, 15) is 0 Å². The molecule has 0 unspecified atom stereocenters. The first-order chi connectivity index (χ1) is 13.4. The maximum absolute atomic E-state index is 4.61. The molecular formula is C23H26N4. The molecule has 4 heteroatoms. The number of aromatic nitrogens is 2. The molecule has 0 bridgehead atoms. The van der Waals surface area contributed by atoms with Crippen LogP contribution in [-0.4, -0.2) is 29.6 Å². The highest BCUT2D eigenvalue weighted by Gasteiger charge is 2.16. The summed E-state index contributed by atoms with van der Waals surface area (Å²) >= 11 is 0. The van der Waals surface area contributed by atoms with Crippen molar-refractivity contribution in [1.82, 2.24) is 9.97 Å². The molecule has 0 atom stereocenters. The second-order valence-corrected chi connectivity index (χ2v) is 7.07. The summed E-state index contributed by atoms with van der Waals surface area (Å²) in [7, 11) is 0. The second-order valence-electron chi connectivity index (χ2n) is 7.07. The number of benzene rings is 2. The molecule has 1 aliphatic rings. The fourth-order valence-electron chi connectivity index (χ4n) is 3.62. The molecule has 2 heterocycles. The lowest BCUT2D eigenvalue weighted by Gasteiger charge is -2.25. The van der Waals surface area contributed by atoms with E-state index in [2.05, 4.69) is 86.5 Å². The predicted octanol–water partition coefficient (Wildman–Crippen LogP) is 4.33. The van der Waals surface area contributed by atoms with Crippen LogP contribution >= 0.6 is 0 Å². The van der Waals surface area contributed by atoms with E-state index < -0.39 is 0 Å². The van der Waals surface area contributed by atoms with Gasteiger partial charge in [-0.2, -0.15) is 0 Å². The molecule has 0 N–H and O–H groups in total. The molecule has 0 amide bonds. The molecule has 4 nitrogen and oxygen atoms in total. The molecule has 138 valence electrons. The molecule has 0 radical (unpaired) electrons. The summed E-state index contributed by atoms with van der Waals surface area (Å²) < 4.78 is 0. The Kier molecular flexibility index (Phi) is 5.63. The van der Waals surface area contributed by atoms with Gasteiger partial charge in [-0.05, 0) is 30.4 Å². The van der Waals surface area contributed by atoms with Crippen LogP contribution in [0.3, 0.4) is 0 Å². The molecule has 0 spiro atoms. The highest BCUT2D eigenvalue weighted by atomic mass is 15.2. The molecular weight excluding hydrogens is 332 g/mol. The summed E-state index contributed by atoms with van der Waals surface area (Å²) in [5, 5.41) is 0. The normalized spacial score (nSPS) is 13.7. The van der Waals surface area contributed by atoms with Gasteiger partial charge in [-0.15, -0.1) is 0 Å². The SMILES string of the molecule is c1ccc(CCN(Cc2ccccc2)c2cc(N3CCCC3)ncn2)cc1. The van der Waals surface area contributed by atoms with Crippen LogP contribution in [0.25, 0.3) is 0 Å². The van der Waals surface area contributed by atoms with E-state index in [0.29, 0.717) is 0 Å². The summed E-state index contributed by atoms with van der Waals surface area (Å²) in [5.74, 6) is 2.06. The van der Waals surface area contributed by atoms with Gasteiger partial charge >= 0.3 is 0 Å². The Balaban J connectivity index is 1.55. The minimum Gasteiger partial charge on any atom is -0.356 e. The molecule has 1 aromatic heterocycles. The van der Waals surface area contributed by atoms with Crippen LogP contribution in [0.4, 0.5) is 11.6 Å². The van der Waals surface area contributed by atoms with Crippen LogP contribution in [0.1, 0.15) is 24.0 Å². The van der Waals surface area contributed by atoms with Crippen LogP contribution in [0.5, 0.6) is 0 Å². The molecule has 0 aliphatic carbocycles. The van der Waals surface area contributed by atoms with Crippen molar-refractivity contribution in [2.75, 3.05) is 29.4 Å². The molecule has 1 saturated heterocycles. The lowest BCUT2D eigenvalue weighted by molar-refractivity contribution is 0.764. The van der Waals surface area contributed by atoms with E-state index in [4.69, 9.17) is 0 Å². The third-order valence-corrected chi connectivity index (χ3v) is 5.12. The van der Waals surface area contributed by atoms with Crippen molar-refractivity contribution < 1.29 is 0 Å². The van der Waals surface area contributed by atoms with Crippen LogP contribution in [0.15, 0.2) is 73.1 Å². The van der Waals surface area contributed by atoms with Crippen molar-refractivity contribution in [2.45, 2.75) is 25.8 Å². The third-order valence-electron chi connectivity index (χ3n) is 5.12. The average Bonchev–Trinajstić information content (AvgIpc) is 3.28. The predicted molar refractivity (Wildman–Crippen MR) is 111 cm³/mol. The van der Waals surface area contributed by atoms with Gasteiger partial charge in [0.25, 0.3) is 0 Å². The molecule has 2 aromatic carbocycles. The van der Waals surface area contributed by atoms with Crippen LogP contribution in [-0.2, 0) is 13.0 Å². The van der Waals surface area contributed by atoms with Crippen molar-refractivity contribution in [2.24, 2.45) is 0 Å². The second kappa shape index (κ2) is 8.67. The molecule has 3 aromatic rings. The zero-order valence-electron chi connectivity index (χ0n) is 15.7. The van der Waals surface area contributed by atoms with Gasteiger partial charge in [-0.1, -0.05) is 60.7 Å². The van der Waals surface area contributed by atoms with Crippen LogP contribution in [0.2, 0.25) is 0 Å². The smallest absolute Gasteiger partial charge is 0.134 e. The molecule has 4 rings (SSSR count). The molecule has 27 heavy (non-hydrogen) atoms. The third kappa shape index (κ3) is 4.64. The monoisotopic (exact) mass is 358 g/mol. The standard InChI is InChI=1S/C23H26N4/c1-3-9-20(10-4-1)13-16-27(18-21-11-5-2-6-12-21)23-17-22(24-19-25-23)26-14-7-8-15-26/h1-6,9-12,17,19H,7-8,13-16,18H2. The van der Waals surface area contributed by atoms with Crippen molar-refractivity contribution in [1.29, 1.82) is 0 Å². The fraction of sp³-hybridized carbons (Fsp3) is 0.304. The van der Waals surface area contributed by atoms with E-state index in [1.165, 1.54) is 24.0 Å². The van der Waals surface area contributed by atoms with Gasteiger partial charge in [0.15, 0.2) is 0 Å². The Morgan fingerprint density at radius 3 is 2.19 bits per heavy atom. The topological polar surface area (TPSA) is 32.3 Å². The summed E-state index contributed by atoms with van der Waals surface area (Å²) in [6, 6.07) is 23.4. The first-order valence-electron chi connectivity index (χ1n) is 9.78. The maximum Gasteiger partial charge on any atom is 0.134 e. The Hall–Kier alpha value is -2.88. The quantitative estimate of drug-likeness (QED) is 0.629. The number of anilines is 2. The number of rotatable bonds is 7. The highest BCUT2D eigenvalue weighted by Crippen LogP contribution is 2.23. The van der Waals surface area contributed by atoms with E-state index >= 15 is 0 Å². The van der Waals surface area contributed by atoms with Crippen molar-refractivity contribution >= 4 is 11.6 Å². The van der Waals surface area contributed by atoms with Gasteiger partial charge in [0.05, 0.1) is 0 Å². The lowest BCUT2D eigenvalue weighted by atomic mass is 10.1. The van der Waals surface area contributed by atoms with Gasteiger partial charge < -0.3 is 9.80 Å². The van der Waals surface area contributed by atoms with Crippen molar-refractivity contribution in [3.63, 3.8) is 0 Å². The van der Waals surface area contributed by atoms with Crippen LogP contribution in [0, 0.1) is 0 Å². The maximum atomic E-state index is 4.61. The van der Waals surface area contributed by atoms with E-state index in [1.54, 1.807) is 6.33 Å². The number of hydrogen-bond donors (Lipinski definition) is 0. The zero-order chi connectivity index (χ0) is 18.3. The van der Waals surface area contributed by atoms with E-state index in [-0.39, 0.29) is 0 Å². The van der Waals surface area contributed by atoms with Gasteiger partial charge in [-0.3, -0.25) is 0 Å². The van der Waals surface area contributed by atoms with Gasteiger partial charge in [0, 0.05) is 32.2 Å². The van der Waals surface area contributed by atoms with Gasteiger partial charge in [0.2, 0.25) is 0 Å². The van der Waals surface area contributed by atoms with E-state index in [0.717, 1.165) is 44.2 Å². The first kappa shape index (κ1) is 17.5. The highest BCUT2D eigenvalue weighted by molar-refractivity contribution is 5.51. The van der Waals surface area contributed by atoms with Gasteiger partial charge in [-0.25, -0.2) is 9.97 Å². The van der Waals surface area contributed by atoms with Crippen LogP contribution < -0.4 is 9.80 Å². The zero-order valence-corrected chi connectivity index (χ0v) is 15.7. The minimum absolute atomic E-state index is 0.851. The molecule has 1 fully saturated rings. The van der Waals surface area contributed by atoms with Crippen molar-refractivity contribution in [3.8, 4) is 0 Å². The molecule has 0 saturated carbocycles. The summed E-state index contributed by atoms with van der Waals surface area (Å²) in [6.45, 7) is 3.97. The van der Waals surface area contributed by atoms with Crippen molar-refractivity contribution in [3.05, 3.63) is 84.2 Å². The Bertz CT molecular complexity index is 829. The number of hydrogen-bond acceptors (Lipinski definition) is 4. The number of nitrogens with zero attached hydrogens (tertiary/aromatic N) is 4. The fourth-order valence-corrected chi connectivity index (χ4v) is 3.62. The molecule has 1 aliphatic heterocycles. The summed E-state index contributed by atoms with van der Waals surface area (Å²) in [4.78, 5) is 13.9. The lowest BCUT2D eigenvalue weighted by Crippen LogP contribution is -2.27. The van der Waals surface area contributed by atoms with Gasteiger partial charge in [0.1, 0.15) is 18.0 Å². The summed E-state index contributed by atoms with van der Waals surface area (Å²) in [6.07, 6.45) is 5.21.